The van der Waals surface area contributed by atoms with E-state index >= 15 is 0 Å². The van der Waals surface area contributed by atoms with E-state index in [4.69, 9.17) is 4.74 Å². The lowest BCUT2D eigenvalue weighted by atomic mass is 10.00. The van der Waals surface area contributed by atoms with Gasteiger partial charge in [-0.1, -0.05) is 13.3 Å². The summed E-state index contributed by atoms with van der Waals surface area (Å²) in [5.41, 5.74) is 0.831. The Kier molecular flexibility index (Phi) is 5.01. The summed E-state index contributed by atoms with van der Waals surface area (Å²) < 4.78 is 19.8. The van der Waals surface area contributed by atoms with Crippen LogP contribution in [0.25, 0.3) is 0 Å². The van der Waals surface area contributed by atoms with Gasteiger partial charge in [-0.05, 0) is 53.4 Å². The Morgan fingerprint density at radius 3 is 3.11 bits per heavy atom. The average molecular weight is 316 g/mol. The molecule has 1 aromatic rings. The van der Waals surface area contributed by atoms with Crippen LogP contribution in [-0.4, -0.2) is 18.8 Å². The molecule has 0 bridgehead atoms. The highest BCUT2D eigenvalue weighted by Gasteiger charge is 2.22. The molecule has 0 aromatic heterocycles. The molecule has 2 nitrogen and oxygen atoms in total. The minimum atomic E-state index is -0.210. The number of anilines is 1. The minimum absolute atomic E-state index is 0.210. The number of rotatable bonds is 4. The molecule has 2 atom stereocenters. The van der Waals surface area contributed by atoms with Gasteiger partial charge < -0.3 is 10.1 Å². The van der Waals surface area contributed by atoms with Crippen LogP contribution in [0.4, 0.5) is 10.1 Å². The molecular weight excluding hydrogens is 297 g/mol. The van der Waals surface area contributed by atoms with Gasteiger partial charge in [0.1, 0.15) is 5.82 Å². The third-order valence-corrected chi connectivity index (χ3v) is 3.96. The fraction of sp³-hybridized carbons (Fsp3) is 0.571. The molecule has 0 saturated carbocycles. The van der Waals surface area contributed by atoms with Gasteiger partial charge in [0.05, 0.1) is 11.8 Å². The average Bonchev–Trinajstić information content (AvgIpc) is 2.35. The van der Waals surface area contributed by atoms with E-state index in [2.05, 4.69) is 28.2 Å². The third-order valence-electron chi connectivity index (χ3n) is 3.27. The maximum atomic E-state index is 13.2. The van der Waals surface area contributed by atoms with E-state index in [1.807, 2.05) is 0 Å². The Labute approximate surface area is 116 Å². The van der Waals surface area contributed by atoms with E-state index in [0.29, 0.717) is 12.1 Å². The number of hydrogen-bond donors (Lipinski definition) is 1. The monoisotopic (exact) mass is 315 g/mol. The second-order valence-corrected chi connectivity index (χ2v) is 5.63. The van der Waals surface area contributed by atoms with Gasteiger partial charge in [0, 0.05) is 17.1 Å². The first-order chi connectivity index (χ1) is 8.69. The highest BCUT2D eigenvalue weighted by molar-refractivity contribution is 9.10. The highest BCUT2D eigenvalue weighted by Crippen LogP contribution is 2.27. The molecule has 1 saturated heterocycles. The fourth-order valence-corrected chi connectivity index (χ4v) is 2.72. The first-order valence-electron chi connectivity index (χ1n) is 6.52. The van der Waals surface area contributed by atoms with Crippen molar-refractivity contribution in [2.45, 2.75) is 44.8 Å². The fourth-order valence-electron chi connectivity index (χ4n) is 2.36. The maximum Gasteiger partial charge on any atom is 0.125 e. The Bertz CT molecular complexity index is 397. The van der Waals surface area contributed by atoms with E-state index in [1.54, 1.807) is 6.07 Å². The molecule has 1 aliphatic rings. The second kappa shape index (κ2) is 6.53. The molecule has 18 heavy (non-hydrogen) atoms. The maximum absolute atomic E-state index is 13.2. The van der Waals surface area contributed by atoms with Crippen molar-refractivity contribution in [2.75, 3.05) is 11.9 Å². The summed E-state index contributed by atoms with van der Waals surface area (Å²) in [6.07, 6.45) is 4.55. The predicted molar refractivity (Wildman–Crippen MR) is 75.4 cm³/mol. The van der Waals surface area contributed by atoms with Crippen molar-refractivity contribution >= 4 is 21.6 Å². The van der Waals surface area contributed by atoms with Crippen LogP contribution in [0.15, 0.2) is 22.7 Å². The zero-order valence-corrected chi connectivity index (χ0v) is 12.2. The standard InChI is InChI=1S/C14H19BrFNO/c1-2-3-12-9-11(6-7-18-12)17-14-8-10(16)4-5-13(14)15/h4-5,8,11-12,17H,2-3,6-7,9H2,1H3. The molecular formula is C14H19BrFNO. The van der Waals surface area contributed by atoms with Gasteiger partial charge in [-0.3, -0.25) is 0 Å². The number of ether oxygens (including phenoxy) is 1. The van der Waals surface area contributed by atoms with E-state index in [1.165, 1.54) is 12.1 Å². The third kappa shape index (κ3) is 3.69. The molecule has 2 unspecified atom stereocenters. The molecule has 1 N–H and O–H groups in total. The summed E-state index contributed by atoms with van der Waals surface area (Å²) >= 11 is 3.44. The first-order valence-corrected chi connectivity index (χ1v) is 7.31. The van der Waals surface area contributed by atoms with Crippen LogP contribution < -0.4 is 5.32 Å². The lowest BCUT2D eigenvalue weighted by Gasteiger charge is -2.31. The molecule has 1 fully saturated rings. The summed E-state index contributed by atoms with van der Waals surface area (Å²) in [6.45, 7) is 2.96. The van der Waals surface area contributed by atoms with Crippen molar-refractivity contribution in [3.63, 3.8) is 0 Å². The van der Waals surface area contributed by atoms with Crippen molar-refractivity contribution in [1.29, 1.82) is 0 Å². The normalized spacial score (nSPS) is 23.9. The van der Waals surface area contributed by atoms with E-state index in [0.717, 1.165) is 42.5 Å². The largest absolute Gasteiger partial charge is 0.381 e. The van der Waals surface area contributed by atoms with Crippen LogP contribution in [0.3, 0.4) is 0 Å². The molecule has 100 valence electrons. The van der Waals surface area contributed by atoms with Crippen LogP contribution in [-0.2, 0) is 4.74 Å². The molecule has 0 radical (unpaired) electrons. The van der Waals surface area contributed by atoms with Gasteiger partial charge in [0.15, 0.2) is 0 Å². The summed E-state index contributed by atoms with van der Waals surface area (Å²) in [5, 5.41) is 3.41. The van der Waals surface area contributed by atoms with Gasteiger partial charge in [0.25, 0.3) is 0 Å². The molecule has 0 aliphatic carbocycles. The lowest BCUT2D eigenvalue weighted by molar-refractivity contribution is 0.00597. The summed E-state index contributed by atoms with van der Waals surface area (Å²) in [4.78, 5) is 0. The van der Waals surface area contributed by atoms with Crippen LogP contribution >= 0.6 is 15.9 Å². The number of halogens is 2. The molecule has 0 amide bonds. The minimum Gasteiger partial charge on any atom is -0.381 e. The smallest absolute Gasteiger partial charge is 0.125 e. The van der Waals surface area contributed by atoms with E-state index < -0.39 is 0 Å². The number of nitrogens with one attached hydrogen (secondary N) is 1. The topological polar surface area (TPSA) is 21.3 Å². The summed E-state index contributed by atoms with van der Waals surface area (Å²) in [6, 6.07) is 5.10. The quantitative estimate of drug-likeness (QED) is 0.892. The van der Waals surface area contributed by atoms with Crippen molar-refractivity contribution in [2.24, 2.45) is 0 Å². The van der Waals surface area contributed by atoms with Gasteiger partial charge >= 0.3 is 0 Å². The second-order valence-electron chi connectivity index (χ2n) is 4.77. The van der Waals surface area contributed by atoms with Crippen LogP contribution in [0.2, 0.25) is 0 Å². The molecule has 1 heterocycles. The zero-order valence-electron chi connectivity index (χ0n) is 10.6. The Hall–Kier alpha value is -0.610. The van der Waals surface area contributed by atoms with Crippen LogP contribution in [0.1, 0.15) is 32.6 Å². The molecule has 0 spiro atoms. The predicted octanol–water partition coefficient (Wildman–Crippen LogP) is 4.35. The lowest BCUT2D eigenvalue weighted by Crippen LogP contribution is -2.34. The summed E-state index contributed by atoms with van der Waals surface area (Å²) in [7, 11) is 0. The van der Waals surface area contributed by atoms with Gasteiger partial charge in [0.2, 0.25) is 0 Å². The van der Waals surface area contributed by atoms with Crippen molar-refractivity contribution < 1.29 is 9.13 Å². The van der Waals surface area contributed by atoms with Crippen LogP contribution in [0.5, 0.6) is 0 Å². The van der Waals surface area contributed by atoms with Gasteiger partial charge in [-0.25, -0.2) is 4.39 Å². The Balaban J connectivity index is 1.98. The molecule has 4 heteroatoms. The Morgan fingerprint density at radius 1 is 1.50 bits per heavy atom. The van der Waals surface area contributed by atoms with Crippen molar-refractivity contribution in [1.82, 2.24) is 0 Å². The van der Waals surface area contributed by atoms with Crippen molar-refractivity contribution in [3.8, 4) is 0 Å². The molecule has 1 aromatic carbocycles. The van der Waals surface area contributed by atoms with E-state index in [-0.39, 0.29) is 5.82 Å². The number of hydrogen-bond acceptors (Lipinski definition) is 2. The van der Waals surface area contributed by atoms with Gasteiger partial charge in [-0.2, -0.15) is 0 Å². The van der Waals surface area contributed by atoms with Crippen molar-refractivity contribution in [3.05, 3.63) is 28.5 Å². The SMILES string of the molecule is CCCC1CC(Nc2cc(F)ccc2Br)CCO1. The summed E-state index contributed by atoms with van der Waals surface area (Å²) in [5.74, 6) is -0.210. The Morgan fingerprint density at radius 2 is 2.33 bits per heavy atom. The van der Waals surface area contributed by atoms with Crippen LogP contribution in [0, 0.1) is 5.82 Å². The highest BCUT2D eigenvalue weighted by atomic mass is 79.9. The molecule has 2 rings (SSSR count). The molecule has 1 aliphatic heterocycles. The van der Waals surface area contributed by atoms with E-state index in [9.17, 15) is 4.39 Å². The number of benzene rings is 1. The first kappa shape index (κ1) is 13.8. The zero-order chi connectivity index (χ0) is 13.0. The van der Waals surface area contributed by atoms with Gasteiger partial charge in [-0.15, -0.1) is 0 Å².